The van der Waals surface area contributed by atoms with Crippen LogP contribution in [0.15, 0.2) is 18.2 Å². The van der Waals surface area contributed by atoms with E-state index in [1.54, 1.807) is 0 Å². The number of nitrogens with one attached hydrogen (secondary N) is 4. The van der Waals surface area contributed by atoms with Gasteiger partial charge in [-0.1, -0.05) is 31.7 Å². The van der Waals surface area contributed by atoms with E-state index in [2.05, 4.69) is 39.5 Å². The molecule has 1 aromatic heterocycles. The molecule has 2 fully saturated rings. The Bertz CT molecular complexity index is 518. The summed E-state index contributed by atoms with van der Waals surface area (Å²) < 4.78 is 0. The maximum absolute atomic E-state index is 4.89. The van der Waals surface area contributed by atoms with Gasteiger partial charge in [0.25, 0.3) is 0 Å². The second kappa shape index (κ2) is 9.27. The maximum Gasteiger partial charge on any atom is 0.0545 e. The van der Waals surface area contributed by atoms with E-state index in [1.165, 1.54) is 62.8 Å². The Morgan fingerprint density at radius 1 is 0.615 bits per heavy atom. The van der Waals surface area contributed by atoms with E-state index in [9.17, 15) is 0 Å². The lowest BCUT2D eigenvalue weighted by Crippen LogP contribution is -2.53. The molecule has 3 aliphatic rings. The lowest BCUT2D eigenvalue weighted by atomic mass is 9.89. The molecule has 26 heavy (non-hydrogen) atoms. The van der Waals surface area contributed by atoms with Crippen molar-refractivity contribution in [1.29, 1.82) is 0 Å². The molecule has 0 aromatic carbocycles. The minimum absolute atomic E-state index is 0.569. The molecule has 2 saturated carbocycles. The number of hydrogen-bond acceptors (Lipinski definition) is 5. The Balaban J connectivity index is 1.47. The Labute approximate surface area is 158 Å². The molecule has 1 aromatic rings. The number of fused-ring (bicyclic) bond motifs is 4. The molecular formula is C21H35N5. The molecule has 4 atom stereocenters. The van der Waals surface area contributed by atoms with Crippen molar-refractivity contribution in [1.82, 2.24) is 26.3 Å². The van der Waals surface area contributed by atoms with E-state index in [-0.39, 0.29) is 0 Å². The highest BCUT2D eigenvalue weighted by Gasteiger charge is 2.26. The van der Waals surface area contributed by atoms with Gasteiger partial charge in [-0.2, -0.15) is 0 Å². The van der Waals surface area contributed by atoms with E-state index in [0.29, 0.717) is 24.2 Å². The Morgan fingerprint density at radius 3 is 1.50 bits per heavy atom. The summed E-state index contributed by atoms with van der Waals surface area (Å²) in [5, 5.41) is 15.2. The first-order chi connectivity index (χ1) is 12.9. The highest BCUT2D eigenvalue weighted by Crippen LogP contribution is 2.20. The first-order valence-corrected chi connectivity index (χ1v) is 10.8. The second-order valence-corrected chi connectivity index (χ2v) is 8.29. The van der Waals surface area contributed by atoms with Gasteiger partial charge < -0.3 is 21.3 Å². The van der Waals surface area contributed by atoms with Crippen molar-refractivity contribution in [3.05, 3.63) is 29.6 Å². The smallest absolute Gasteiger partial charge is 0.0545 e. The zero-order valence-electron chi connectivity index (χ0n) is 16.0. The first kappa shape index (κ1) is 18.4. The fourth-order valence-electron chi connectivity index (χ4n) is 4.95. The maximum atomic E-state index is 4.89. The Hall–Kier alpha value is -1.01. The molecule has 144 valence electrons. The molecule has 4 N–H and O–H groups in total. The molecular weight excluding hydrogens is 322 g/mol. The van der Waals surface area contributed by atoms with Crippen molar-refractivity contribution < 1.29 is 0 Å². The van der Waals surface area contributed by atoms with Crippen LogP contribution in [0.3, 0.4) is 0 Å². The van der Waals surface area contributed by atoms with Gasteiger partial charge in [0.05, 0.1) is 11.4 Å². The molecule has 0 radical (unpaired) electrons. The van der Waals surface area contributed by atoms with Gasteiger partial charge in [-0.3, -0.25) is 4.98 Å². The second-order valence-electron chi connectivity index (χ2n) is 8.29. The fourth-order valence-corrected chi connectivity index (χ4v) is 4.95. The summed E-state index contributed by atoms with van der Waals surface area (Å²) in [5.41, 5.74) is 2.34. The van der Waals surface area contributed by atoms with Crippen LogP contribution in [0.4, 0.5) is 0 Å². The molecule has 1 aliphatic heterocycles. The Morgan fingerprint density at radius 2 is 1.04 bits per heavy atom. The molecule has 2 heterocycles. The Kier molecular flexibility index (Phi) is 6.54. The van der Waals surface area contributed by atoms with Crippen LogP contribution >= 0.6 is 0 Å². The lowest BCUT2D eigenvalue weighted by Gasteiger charge is -2.34. The third-order valence-corrected chi connectivity index (χ3v) is 6.43. The molecule has 2 bridgehead atoms. The topological polar surface area (TPSA) is 61.0 Å². The molecule has 5 nitrogen and oxygen atoms in total. The van der Waals surface area contributed by atoms with Crippen molar-refractivity contribution in [2.45, 2.75) is 88.6 Å². The minimum Gasteiger partial charge on any atom is -0.311 e. The fraction of sp³-hybridized carbons (Fsp3) is 0.762. The van der Waals surface area contributed by atoms with E-state index in [0.717, 1.165) is 26.2 Å². The normalized spacial score (nSPS) is 34.0. The van der Waals surface area contributed by atoms with Crippen molar-refractivity contribution in [2.75, 3.05) is 13.1 Å². The van der Waals surface area contributed by atoms with E-state index in [4.69, 9.17) is 4.98 Å². The molecule has 0 unspecified atom stereocenters. The molecule has 4 rings (SSSR count). The summed E-state index contributed by atoms with van der Waals surface area (Å²) in [6, 6.07) is 8.81. The number of nitrogens with zero attached hydrogens (tertiary/aromatic N) is 1. The van der Waals surface area contributed by atoms with Crippen LogP contribution in [-0.2, 0) is 13.1 Å². The van der Waals surface area contributed by atoms with Gasteiger partial charge in [-0.05, 0) is 37.8 Å². The van der Waals surface area contributed by atoms with Crippen molar-refractivity contribution in [3.8, 4) is 0 Å². The highest BCUT2D eigenvalue weighted by atomic mass is 15.1. The summed E-state index contributed by atoms with van der Waals surface area (Å²) in [6.45, 7) is 3.89. The van der Waals surface area contributed by atoms with E-state index in [1.807, 2.05) is 0 Å². The van der Waals surface area contributed by atoms with Gasteiger partial charge in [0.15, 0.2) is 0 Å². The van der Waals surface area contributed by atoms with Gasteiger partial charge in [-0.15, -0.1) is 0 Å². The van der Waals surface area contributed by atoms with Crippen molar-refractivity contribution >= 4 is 0 Å². The number of hydrogen-bond donors (Lipinski definition) is 4. The van der Waals surface area contributed by atoms with Gasteiger partial charge in [-0.25, -0.2) is 0 Å². The van der Waals surface area contributed by atoms with Crippen LogP contribution in [-0.4, -0.2) is 42.2 Å². The van der Waals surface area contributed by atoms with Crippen LogP contribution in [0.5, 0.6) is 0 Å². The summed E-state index contributed by atoms with van der Waals surface area (Å²) in [4.78, 5) is 4.89. The van der Waals surface area contributed by atoms with E-state index < -0.39 is 0 Å². The third-order valence-electron chi connectivity index (χ3n) is 6.43. The van der Waals surface area contributed by atoms with Crippen molar-refractivity contribution in [2.24, 2.45) is 0 Å². The minimum atomic E-state index is 0.569. The highest BCUT2D eigenvalue weighted by molar-refractivity contribution is 5.12. The largest absolute Gasteiger partial charge is 0.311 e. The zero-order chi connectivity index (χ0) is 17.6. The first-order valence-electron chi connectivity index (χ1n) is 10.8. The van der Waals surface area contributed by atoms with Gasteiger partial charge in [0.1, 0.15) is 0 Å². The van der Waals surface area contributed by atoms with E-state index >= 15 is 0 Å². The van der Waals surface area contributed by atoms with Crippen LogP contribution in [0.2, 0.25) is 0 Å². The van der Waals surface area contributed by atoms with Crippen LogP contribution in [0, 0.1) is 0 Å². The number of aromatic nitrogens is 1. The summed E-state index contributed by atoms with van der Waals surface area (Å²) in [5.74, 6) is 0. The lowest BCUT2D eigenvalue weighted by molar-refractivity contribution is 0.266. The predicted molar refractivity (Wildman–Crippen MR) is 106 cm³/mol. The summed E-state index contributed by atoms with van der Waals surface area (Å²) in [6.07, 6.45) is 10.5. The molecule has 0 saturated heterocycles. The average Bonchev–Trinajstić information content (AvgIpc) is 2.69. The standard InChI is InChI=1S/C21H35N5/c1-3-10-20-18(8-1)22-12-13-23-19-9-2-4-11-21(19)25-15-17-7-5-6-16(26-17)14-24-20/h5-7,18-25H,1-4,8-15H2/t18-,19-,20-,21+/m0/s1. The molecule has 0 amide bonds. The zero-order valence-corrected chi connectivity index (χ0v) is 16.0. The SMILES string of the molecule is c1cc2nc(c1)CN[C@@H]1CCCC[C@@H]1NCCN[C@H]1CCCC[C@@H]1NC2. The van der Waals surface area contributed by atoms with Crippen molar-refractivity contribution in [3.63, 3.8) is 0 Å². The summed E-state index contributed by atoms with van der Waals surface area (Å²) >= 11 is 0. The van der Waals surface area contributed by atoms with Gasteiger partial charge in [0, 0.05) is 50.3 Å². The molecule has 0 spiro atoms. The third kappa shape index (κ3) is 4.83. The molecule has 5 heteroatoms. The monoisotopic (exact) mass is 357 g/mol. The molecule has 2 aliphatic carbocycles. The number of rotatable bonds is 0. The van der Waals surface area contributed by atoms with Crippen LogP contribution in [0.25, 0.3) is 0 Å². The summed E-state index contributed by atoms with van der Waals surface area (Å²) in [7, 11) is 0. The van der Waals surface area contributed by atoms with Gasteiger partial charge in [0.2, 0.25) is 0 Å². The predicted octanol–water partition coefficient (Wildman–Crippen LogP) is 2.08. The quantitative estimate of drug-likeness (QED) is 0.573. The number of pyridine rings is 1. The average molecular weight is 358 g/mol. The van der Waals surface area contributed by atoms with Crippen LogP contribution in [0.1, 0.15) is 62.8 Å². The van der Waals surface area contributed by atoms with Gasteiger partial charge >= 0.3 is 0 Å². The van der Waals surface area contributed by atoms with Crippen LogP contribution < -0.4 is 21.3 Å².